The minimum Gasteiger partial charge on any atom is -0.480 e. The number of carboxylic acids is 1. The molecule has 5 nitrogen and oxygen atoms in total. The van der Waals surface area contributed by atoms with Crippen LogP contribution in [0.4, 0.5) is 4.79 Å². The summed E-state index contributed by atoms with van der Waals surface area (Å²) >= 11 is 0. The van der Waals surface area contributed by atoms with Gasteiger partial charge in [-0.1, -0.05) is 69.3 Å². The molecule has 0 aromatic heterocycles. The Morgan fingerprint density at radius 1 is 0.966 bits per heavy atom. The lowest BCUT2D eigenvalue weighted by Gasteiger charge is -2.20. The number of hydrogen-bond donors (Lipinski definition) is 2. The summed E-state index contributed by atoms with van der Waals surface area (Å²) in [5, 5.41) is 12.0. The Hall–Kier alpha value is -2.82. The van der Waals surface area contributed by atoms with Crippen LogP contribution < -0.4 is 5.32 Å². The van der Waals surface area contributed by atoms with E-state index >= 15 is 0 Å². The molecule has 1 aliphatic rings. The van der Waals surface area contributed by atoms with E-state index in [1.54, 1.807) is 0 Å². The SMILES string of the molecule is CC(C)[C@@H](C)CC[C@H](NC(=O)OCC1c2ccccc2-c2ccccc21)C(=O)O. The van der Waals surface area contributed by atoms with Crippen LogP contribution in [-0.2, 0) is 9.53 Å². The zero-order valence-corrected chi connectivity index (χ0v) is 17.2. The summed E-state index contributed by atoms with van der Waals surface area (Å²) in [6.45, 7) is 6.49. The lowest BCUT2D eigenvalue weighted by atomic mass is 9.91. The second kappa shape index (κ2) is 9.12. The van der Waals surface area contributed by atoms with Gasteiger partial charge in [0.2, 0.25) is 0 Å². The molecular weight excluding hydrogens is 366 g/mol. The zero-order chi connectivity index (χ0) is 21.0. The van der Waals surface area contributed by atoms with E-state index in [4.69, 9.17) is 4.74 Å². The van der Waals surface area contributed by atoms with Crippen molar-refractivity contribution in [1.29, 1.82) is 0 Å². The van der Waals surface area contributed by atoms with Crippen LogP contribution in [0, 0.1) is 11.8 Å². The number of benzene rings is 2. The minimum absolute atomic E-state index is 0.0441. The molecule has 2 atom stereocenters. The Kier molecular flexibility index (Phi) is 6.57. The fourth-order valence-electron chi connectivity index (χ4n) is 3.80. The highest BCUT2D eigenvalue weighted by Crippen LogP contribution is 2.44. The van der Waals surface area contributed by atoms with Crippen molar-refractivity contribution in [3.8, 4) is 11.1 Å². The third-order valence-electron chi connectivity index (χ3n) is 5.98. The molecule has 2 aromatic carbocycles. The molecule has 29 heavy (non-hydrogen) atoms. The van der Waals surface area contributed by atoms with Crippen molar-refractivity contribution < 1.29 is 19.4 Å². The van der Waals surface area contributed by atoms with Gasteiger partial charge in [-0.3, -0.25) is 0 Å². The number of ether oxygens (including phenoxy) is 1. The van der Waals surface area contributed by atoms with Gasteiger partial charge in [0.15, 0.2) is 0 Å². The van der Waals surface area contributed by atoms with Gasteiger partial charge in [0, 0.05) is 5.92 Å². The van der Waals surface area contributed by atoms with E-state index in [0.717, 1.165) is 28.7 Å². The van der Waals surface area contributed by atoms with E-state index in [1.165, 1.54) is 0 Å². The third-order valence-corrected chi connectivity index (χ3v) is 5.98. The van der Waals surface area contributed by atoms with Crippen molar-refractivity contribution >= 4 is 12.1 Å². The summed E-state index contributed by atoms with van der Waals surface area (Å²) in [4.78, 5) is 23.9. The van der Waals surface area contributed by atoms with Crippen LogP contribution in [0.1, 0.15) is 50.7 Å². The van der Waals surface area contributed by atoms with Gasteiger partial charge in [-0.2, -0.15) is 0 Å². The quantitative estimate of drug-likeness (QED) is 0.656. The lowest BCUT2D eigenvalue weighted by molar-refractivity contribution is -0.139. The van der Waals surface area contributed by atoms with Gasteiger partial charge in [0.25, 0.3) is 0 Å². The number of aliphatic carboxylic acids is 1. The van der Waals surface area contributed by atoms with Crippen LogP contribution in [0.15, 0.2) is 48.5 Å². The van der Waals surface area contributed by atoms with Gasteiger partial charge in [-0.05, 0) is 46.9 Å². The van der Waals surface area contributed by atoms with Gasteiger partial charge in [0.05, 0.1) is 0 Å². The number of amides is 1. The first-order valence-electron chi connectivity index (χ1n) is 10.2. The smallest absolute Gasteiger partial charge is 0.407 e. The molecule has 0 fully saturated rings. The molecule has 3 rings (SSSR count). The molecule has 2 N–H and O–H groups in total. The first-order chi connectivity index (χ1) is 13.9. The van der Waals surface area contributed by atoms with Crippen molar-refractivity contribution in [2.24, 2.45) is 11.8 Å². The van der Waals surface area contributed by atoms with Crippen LogP contribution in [0.2, 0.25) is 0 Å². The van der Waals surface area contributed by atoms with E-state index in [2.05, 4.69) is 50.4 Å². The molecule has 1 amide bonds. The van der Waals surface area contributed by atoms with Crippen LogP contribution in [-0.4, -0.2) is 29.8 Å². The average Bonchev–Trinajstić information content (AvgIpc) is 3.03. The molecule has 0 unspecified atom stereocenters. The van der Waals surface area contributed by atoms with Gasteiger partial charge in [-0.15, -0.1) is 0 Å². The number of carbonyl (C=O) groups excluding carboxylic acids is 1. The number of carbonyl (C=O) groups is 2. The molecule has 2 aromatic rings. The van der Waals surface area contributed by atoms with Gasteiger partial charge < -0.3 is 15.2 Å². The van der Waals surface area contributed by atoms with Crippen LogP contribution in [0.5, 0.6) is 0 Å². The molecule has 0 aliphatic heterocycles. The number of nitrogens with one attached hydrogen (secondary N) is 1. The summed E-state index contributed by atoms with van der Waals surface area (Å²) in [5.74, 6) is -0.216. The molecule has 0 heterocycles. The van der Waals surface area contributed by atoms with E-state index < -0.39 is 18.1 Å². The predicted octanol–water partition coefficient (Wildman–Crippen LogP) is 5.05. The van der Waals surface area contributed by atoms with E-state index in [1.807, 2.05) is 24.3 Å². The number of hydrogen-bond acceptors (Lipinski definition) is 3. The summed E-state index contributed by atoms with van der Waals surface area (Å²) in [5.41, 5.74) is 4.57. The van der Waals surface area contributed by atoms with E-state index in [0.29, 0.717) is 18.3 Å². The monoisotopic (exact) mass is 395 g/mol. The largest absolute Gasteiger partial charge is 0.480 e. The third kappa shape index (κ3) is 4.78. The van der Waals surface area contributed by atoms with Gasteiger partial charge in [-0.25, -0.2) is 9.59 Å². The van der Waals surface area contributed by atoms with Crippen molar-refractivity contribution in [2.75, 3.05) is 6.61 Å². The summed E-state index contributed by atoms with van der Waals surface area (Å²) in [7, 11) is 0. The second-order valence-electron chi connectivity index (χ2n) is 8.16. The fraction of sp³-hybridized carbons (Fsp3) is 0.417. The van der Waals surface area contributed by atoms with E-state index in [-0.39, 0.29) is 12.5 Å². The summed E-state index contributed by atoms with van der Waals surface area (Å²) in [6.07, 6.45) is 0.438. The predicted molar refractivity (Wildman–Crippen MR) is 113 cm³/mol. The van der Waals surface area contributed by atoms with Crippen molar-refractivity contribution in [3.63, 3.8) is 0 Å². The molecule has 0 spiro atoms. The number of fused-ring (bicyclic) bond motifs is 3. The second-order valence-corrected chi connectivity index (χ2v) is 8.16. The highest BCUT2D eigenvalue weighted by molar-refractivity contribution is 5.81. The minimum atomic E-state index is -1.03. The Bertz CT molecular complexity index is 831. The Morgan fingerprint density at radius 2 is 1.52 bits per heavy atom. The molecule has 5 heteroatoms. The molecule has 154 valence electrons. The van der Waals surface area contributed by atoms with Crippen molar-refractivity contribution in [1.82, 2.24) is 5.32 Å². The Balaban J connectivity index is 1.62. The summed E-state index contributed by atoms with van der Waals surface area (Å²) in [6, 6.07) is 15.3. The first-order valence-corrected chi connectivity index (χ1v) is 10.2. The van der Waals surface area contributed by atoms with Crippen LogP contribution in [0.25, 0.3) is 11.1 Å². The highest BCUT2D eigenvalue weighted by atomic mass is 16.5. The molecular formula is C24H29NO4. The lowest BCUT2D eigenvalue weighted by Crippen LogP contribution is -2.41. The summed E-state index contributed by atoms with van der Waals surface area (Å²) < 4.78 is 5.46. The zero-order valence-electron chi connectivity index (χ0n) is 17.2. The topological polar surface area (TPSA) is 75.6 Å². The normalized spacial score (nSPS) is 14.8. The van der Waals surface area contributed by atoms with Crippen molar-refractivity contribution in [3.05, 3.63) is 59.7 Å². The van der Waals surface area contributed by atoms with Gasteiger partial charge >= 0.3 is 12.1 Å². The maximum absolute atomic E-state index is 12.3. The Labute approximate surface area is 172 Å². The highest BCUT2D eigenvalue weighted by Gasteiger charge is 2.29. The maximum atomic E-state index is 12.3. The molecule has 1 aliphatic carbocycles. The van der Waals surface area contributed by atoms with Crippen molar-refractivity contribution in [2.45, 2.75) is 45.6 Å². The van der Waals surface area contributed by atoms with E-state index in [9.17, 15) is 14.7 Å². The average molecular weight is 395 g/mol. The number of alkyl carbamates (subject to hydrolysis) is 1. The maximum Gasteiger partial charge on any atom is 0.407 e. The van der Waals surface area contributed by atoms with Gasteiger partial charge in [0.1, 0.15) is 12.6 Å². The van der Waals surface area contributed by atoms with Crippen LogP contribution in [0.3, 0.4) is 0 Å². The molecule has 0 saturated carbocycles. The molecule has 0 saturated heterocycles. The van der Waals surface area contributed by atoms with Crippen LogP contribution >= 0.6 is 0 Å². The fourth-order valence-corrected chi connectivity index (χ4v) is 3.80. The Morgan fingerprint density at radius 3 is 2.03 bits per heavy atom. The number of carboxylic acid groups (broad SMARTS) is 1. The number of rotatable bonds is 8. The standard InChI is InChI=1S/C24H29NO4/c1-15(2)16(3)12-13-22(23(26)27)25-24(28)29-14-21-19-10-6-4-8-17(19)18-9-5-7-11-20(18)21/h4-11,15-16,21-22H,12-14H2,1-3H3,(H,25,28)(H,26,27)/t16-,22-/m0/s1. The first kappa shape index (κ1) is 20.9. The molecule has 0 radical (unpaired) electrons. The molecule has 0 bridgehead atoms.